The summed E-state index contributed by atoms with van der Waals surface area (Å²) in [6.07, 6.45) is 4.84. The number of nitrogens with zero attached hydrogens (tertiary/aromatic N) is 3. The lowest BCUT2D eigenvalue weighted by Crippen LogP contribution is -2.41. The van der Waals surface area contributed by atoms with Gasteiger partial charge in [-0.15, -0.1) is 0 Å². The van der Waals surface area contributed by atoms with Crippen molar-refractivity contribution in [2.24, 2.45) is 0 Å². The third-order valence-electron chi connectivity index (χ3n) is 5.35. The normalized spacial score (nSPS) is 17.8. The Morgan fingerprint density at radius 2 is 2.13 bits per heavy atom. The van der Waals surface area contributed by atoms with Crippen LogP contribution >= 0.6 is 0 Å². The second-order valence-corrected chi connectivity index (χ2v) is 7.39. The van der Waals surface area contributed by atoms with Gasteiger partial charge in [0.25, 0.3) is 5.91 Å². The minimum absolute atomic E-state index is 0.0912. The van der Waals surface area contributed by atoms with Crippen LogP contribution in [0.4, 0.5) is 0 Å². The minimum Gasteiger partial charge on any atom is -0.481 e. The SMILES string of the molecule is COc1ccc(C(=O)N2CCc3ncc(CNC(=O)[C@@H]4CCC(=O)N4)cc3C2)cn1. The molecule has 4 rings (SSSR count). The predicted octanol–water partition coefficient (Wildman–Crippen LogP) is 0.578. The van der Waals surface area contributed by atoms with Gasteiger partial charge in [0.05, 0.1) is 12.7 Å². The van der Waals surface area contributed by atoms with E-state index in [-0.39, 0.29) is 17.7 Å². The number of carbonyl (C=O) groups is 3. The standard InChI is InChI=1S/C21H23N5O4/c1-30-19-5-2-14(11-23-19)21(29)26-7-6-16-15(12-26)8-13(9-22-16)10-24-20(28)17-3-4-18(27)25-17/h2,5,8-9,11,17H,3-4,6-7,10,12H2,1H3,(H,24,28)(H,25,27)/t17-/m0/s1. The molecule has 2 N–H and O–H groups in total. The number of methoxy groups -OCH3 is 1. The van der Waals surface area contributed by atoms with Gasteiger partial charge in [-0.3, -0.25) is 19.4 Å². The predicted molar refractivity (Wildman–Crippen MR) is 106 cm³/mol. The number of aromatic nitrogens is 2. The zero-order valence-corrected chi connectivity index (χ0v) is 16.7. The van der Waals surface area contributed by atoms with Crippen molar-refractivity contribution in [2.75, 3.05) is 13.7 Å². The summed E-state index contributed by atoms with van der Waals surface area (Å²) < 4.78 is 5.04. The van der Waals surface area contributed by atoms with E-state index in [1.54, 1.807) is 23.2 Å². The molecule has 3 amide bonds. The van der Waals surface area contributed by atoms with E-state index in [2.05, 4.69) is 20.6 Å². The molecule has 30 heavy (non-hydrogen) atoms. The first-order chi connectivity index (χ1) is 14.5. The van der Waals surface area contributed by atoms with Crippen molar-refractivity contribution in [3.63, 3.8) is 0 Å². The minimum atomic E-state index is -0.464. The number of pyridine rings is 2. The van der Waals surface area contributed by atoms with Crippen LogP contribution in [0.15, 0.2) is 30.6 Å². The first-order valence-corrected chi connectivity index (χ1v) is 9.86. The first kappa shape index (κ1) is 19.8. The lowest BCUT2D eigenvalue weighted by molar-refractivity contribution is -0.125. The second-order valence-electron chi connectivity index (χ2n) is 7.39. The van der Waals surface area contributed by atoms with Gasteiger partial charge < -0.3 is 20.3 Å². The molecule has 0 aliphatic carbocycles. The van der Waals surface area contributed by atoms with Gasteiger partial charge in [0.1, 0.15) is 6.04 Å². The Labute approximate surface area is 173 Å². The average molecular weight is 409 g/mol. The summed E-state index contributed by atoms with van der Waals surface area (Å²) in [6.45, 7) is 1.36. The molecule has 4 heterocycles. The van der Waals surface area contributed by atoms with Gasteiger partial charge in [0.15, 0.2) is 0 Å². The molecular formula is C21H23N5O4. The molecule has 0 spiro atoms. The molecule has 1 fully saturated rings. The fourth-order valence-corrected chi connectivity index (χ4v) is 3.68. The number of nitrogens with one attached hydrogen (secondary N) is 2. The quantitative estimate of drug-likeness (QED) is 0.747. The highest BCUT2D eigenvalue weighted by atomic mass is 16.5. The van der Waals surface area contributed by atoms with E-state index in [4.69, 9.17) is 4.74 Å². The maximum absolute atomic E-state index is 12.8. The van der Waals surface area contributed by atoms with Crippen LogP contribution in [0.1, 0.15) is 40.0 Å². The Morgan fingerprint density at radius 1 is 1.27 bits per heavy atom. The van der Waals surface area contributed by atoms with Gasteiger partial charge in [0.2, 0.25) is 17.7 Å². The van der Waals surface area contributed by atoms with Gasteiger partial charge in [-0.1, -0.05) is 0 Å². The molecule has 1 atom stereocenters. The zero-order chi connectivity index (χ0) is 21.1. The number of hydrogen-bond acceptors (Lipinski definition) is 6. The largest absolute Gasteiger partial charge is 0.481 e. The van der Waals surface area contributed by atoms with Crippen LogP contribution in [-0.4, -0.2) is 52.3 Å². The number of rotatable bonds is 5. The summed E-state index contributed by atoms with van der Waals surface area (Å²) in [5, 5.41) is 5.50. The van der Waals surface area contributed by atoms with Gasteiger partial charge >= 0.3 is 0 Å². The Hall–Kier alpha value is -3.49. The highest BCUT2D eigenvalue weighted by Gasteiger charge is 2.27. The van der Waals surface area contributed by atoms with E-state index in [9.17, 15) is 14.4 Å². The van der Waals surface area contributed by atoms with Crippen LogP contribution in [0.5, 0.6) is 5.88 Å². The highest BCUT2D eigenvalue weighted by molar-refractivity contribution is 5.94. The van der Waals surface area contributed by atoms with Crippen molar-refractivity contribution in [1.29, 1.82) is 0 Å². The van der Waals surface area contributed by atoms with E-state index < -0.39 is 6.04 Å². The van der Waals surface area contributed by atoms with Gasteiger partial charge in [-0.2, -0.15) is 0 Å². The Kier molecular flexibility index (Phi) is 5.60. The molecule has 0 saturated carbocycles. The zero-order valence-electron chi connectivity index (χ0n) is 16.7. The molecule has 0 radical (unpaired) electrons. The van der Waals surface area contributed by atoms with Crippen LogP contribution in [0, 0.1) is 0 Å². The van der Waals surface area contributed by atoms with Crippen molar-refractivity contribution >= 4 is 17.7 Å². The maximum atomic E-state index is 12.8. The molecule has 2 aromatic rings. The monoisotopic (exact) mass is 409 g/mol. The third-order valence-corrected chi connectivity index (χ3v) is 5.35. The Balaban J connectivity index is 1.39. The Morgan fingerprint density at radius 3 is 2.83 bits per heavy atom. The topological polar surface area (TPSA) is 114 Å². The summed E-state index contributed by atoms with van der Waals surface area (Å²) in [7, 11) is 1.53. The Bertz CT molecular complexity index is 976. The van der Waals surface area contributed by atoms with Crippen molar-refractivity contribution < 1.29 is 19.1 Å². The van der Waals surface area contributed by atoms with Crippen LogP contribution in [0.25, 0.3) is 0 Å². The van der Waals surface area contributed by atoms with E-state index in [1.165, 1.54) is 13.3 Å². The van der Waals surface area contributed by atoms with Crippen LogP contribution in [0.3, 0.4) is 0 Å². The van der Waals surface area contributed by atoms with E-state index >= 15 is 0 Å². The second kappa shape index (κ2) is 8.48. The first-order valence-electron chi connectivity index (χ1n) is 9.86. The molecule has 0 bridgehead atoms. The van der Waals surface area contributed by atoms with Crippen LogP contribution in [0.2, 0.25) is 0 Å². The number of carbonyl (C=O) groups excluding carboxylic acids is 3. The smallest absolute Gasteiger partial charge is 0.255 e. The van der Waals surface area contributed by atoms with E-state index in [1.807, 2.05) is 6.07 Å². The van der Waals surface area contributed by atoms with E-state index in [0.717, 1.165) is 16.8 Å². The lowest BCUT2D eigenvalue weighted by atomic mass is 10.0. The molecule has 2 aliphatic heterocycles. The van der Waals surface area contributed by atoms with Crippen molar-refractivity contribution in [2.45, 2.75) is 38.4 Å². The highest BCUT2D eigenvalue weighted by Crippen LogP contribution is 2.20. The van der Waals surface area contributed by atoms with Gasteiger partial charge in [-0.25, -0.2) is 4.98 Å². The molecule has 156 valence electrons. The van der Waals surface area contributed by atoms with Crippen molar-refractivity contribution in [3.05, 3.63) is 53.0 Å². The maximum Gasteiger partial charge on any atom is 0.255 e. The fraction of sp³-hybridized carbons (Fsp3) is 0.381. The van der Waals surface area contributed by atoms with Crippen molar-refractivity contribution in [1.82, 2.24) is 25.5 Å². The van der Waals surface area contributed by atoms with Crippen LogP contribution in [-0.2, 0) is 29.1 Å². The lowest BCUT2D eigenvalue weighted by Gasteiger charge is -2.28. The summed E-state index contributed by atoms with van der Waals surface area (Å²) >= 11 is 0. The third kappa shape index (κ3) is 4.24. The number of amides is 3. The average Bonchev–Trinajstić information content (AvgIpc) is 3.23. The molecule has 9 heteroatoms. The molecule has 2 aromatic heterocycles. The summed E-state index contributed by atoms with van der Waals surface area (Å²) in [4.78, 5) is 46.6. The molecule has 2 aliphatic rings. The van der Waals surface area contributed by atoms with Gasteiger partial charge in [0, 0.05) is 56.6 Å². The number of hydrogen-bond donors (Lipinski definition) is 2. The number of ether oxygens (including phenoxy) is 1. The van der Waals surface area contributed by atoms with E-state index in [0.29, 0.717) is 50.3 Å². The van der Waals surface area contributed by atoms with Gasteiger partial charge in [-0.05, 0) is 29.7 Å². The van der Waals surface area contributed by atoms with Crippen LogP contribution < -0.4 is 15.4 Å². The summed E-state index contributed by atoms with van der Waals surface area (Å²) in [5.41, 5.74) is 3.29. The fourth-order valence-electron chi connectivity index (χ4n) is 3.68. The number of fused-ring (bicyclic) bond motifs is 1. The molecule has 9 nitrogen and oxygen atoms in total. The summed E-state index contributed by atoms with van der Waals surface area (Å²) in [6, 6.07) is 4.88. The summed E-state index contributed by atoms with van der Waals surface area (Å²) in [5.74, 6) is 0.0832. The molecule has 0 aromatic carbocycles. The van der Waals surface area contributed by atoms with Crippen molar-refractivity contribution in [3.8, 4) is 5.88 Å². The molecular weight excluding hydrogens is 386 g/mol. The molecule has 1 saturated heterocycles. The molecule has 0 unspecified atom stereocenters.